The largest absolute Gasteiger partial charge is 0.390 e. The van der Waals surface area contributed by atoms with Crippen molar-refractivity contribution >= 4 is 36.9 Å². The molecule has 1 N–H and O–H groups in total. The Labute approximate surface area is 130 Å². The Balaban J connectivity index is 2.40. The van der Waals surface area contributed by atoms with Crippen LogP contribution in [0, 0.1) is 0 Å². The smallest absolute Gasteiger partial charge is 0.268 e. The summed E-state index contributed by atoms with van der Waals surface area (Å²) in [5.74, 6) is 0. The van der Waals surface area contributed by atoms with Crippen LogP contribution in [-0.4, -0.2) is 17.5 Å². The fourth-order valence-corrected chi connectivity index (χ4v) is 4.66. The van der Waals surface area contributed by atoms with Gasteiger partial charge in [0.2, 0.25) is 0 Å². The van der Waals surface area contributed by atoms with Crippen LogP contribution in [0.3, 0.4) is 0 Å². The van der Waals surface area contributed by atoms with E-state index in [1.165, 1.54) is 3.97 Å². The first-order chi connectivity index (χ1) is 10.1. The fraction of sp³-hybridized carbons (Fsp3) is 0.0667. The van der Waals surface area contributed by atoms with Crippen molar-refractivity contribution in [3.63, 3.8) is 0 Å². The zero-order valence-electron chi connectivity index (χ0n) is 10.9. The fourth-order valence-electron chi connectivity index (χ4n) is 2.33. The average molecular weight is 366 g/mol. The molecule has 0 saturated carbocycles. The van der Waals surface area contributed by atoms with Crippen molar-refractivity contribution in [2.75, 3.05) is 0 Å². The third-order valence-corrected chi connectivity index (χ3v) is 5.94. The molecule has 0 bridgehead atoms. The van der Waals surface area contributed by atoms with Crippen molar-refractivity contribution in [2.24, 2.45) is 0 Å². The highest BCUT2D eigenvalue weighted by atomic mass is 79.9. The Morgan fingerprint density at radius 3 is 2.29 bits per heavy atom. The molecule has 0 aliphatic heterocycles. The lowest BCUT2D eigenvalue weighted by molar-refractivity contribution is 0.275. The van der Waals surface area contributed by atoms with Gasteiger partial charge in [-0.05, 0) is 34.1 Å². The maximum atomic E-state index is 12.9. The summed E-state index contributed by atoms with van der Waals surface area (Å²) in [6.45, 7) is -0.374. The Bertz CT molecular complexity index is 901. The number of para-hydroxylation sites is 1. The number of hydrogen-bond donors (Lipinski definition) is 1. The molecule has 0 amide bonds. The van der Waals surface area contributed by atoms with Crippen LogP contribution in [0.4, 0.5) is 0 Å². The molecular formula is C15H12BrNO3S. The Kier molecular flexibility index (Phi) is 3.61. The van der Waals surface area contributed by atoms with Crippen LogP contribution in [-0.2, 0) is 16.6 Å². The maximum absolute atomic E-state index is 12.9. The van der Waals surface area contributed by atoms with Gasteiger partial charge in [-0.1, -0.05) is 36.4 Å². The van der Waals surface area contributed by atoms with E-state index in [9.17, 15) is 13.5 Å². The summed E-state index contributed by atoms with van der Waals surface area (Å²) in [6, 6.07) is 15.3. The number of halogens is 1. The van der Waals surface area contributed by atoms with Gasteiger partial charge in [-0.15, -0.1) is 0 Å². The van der Waals surface area contributed by atoms with Gasteiger partial charge in [-0.3, -0.25) is 0 Å². The zero-order valence-corrected chi connectivity index (χ0v) is 13.3. The Hall–Kier alpha value is -1.63. The molecule has 0 radical (unpaired) electrons. The van der Waals surface area contributed by atoms with Gasteiger partial charge in [0.05, 0.1) is 22.7 Å². The van der Waals surface area contributed by atoms with Gasteiger partial charge < -0.3 is 5.11 Å². The van der Waals surface area contributed by atoms with E-state index < -0.39 is 10.0 Å². The summed E-state index contributed by atoms with van der Waals surface area (Å²) < 4.78 is 27.5. The van der Waals surface area contributed by atoms with Gasteiger partial charge in [0.25, 0.3) is 10.0 Å². The van der Waals surface area contributed by atoms with E-state index in [1.807, 2.05) is 12.1 Å². The summed E-state index contributed by atoms with van der Waals surface area (Å²) in [6.07, 6.45) is 0. The minimum atomic E-state index is -3.76. The minimum Gasteiger partial charge on any atom is -0.390 e. The molecule has 0 spiro atoms. The van der Waals surface area contributed by atoms with Gasteiger partial charge in [0, 0.05) is 9.86 Å². The van der Waals surface area contributed by atoms with Crippen LogP contribution in [0.5, 0.6) is 0 Å². The highest BCUT2D eigenvalue weighted by Crippen LogP contribution is 2.33. The molecule has 0 aliphatic rings. The van der Waals surface area contributed by atoms with E-state index in [1.54, 1.807) is 42.5 Å². The first-order valence-electron chi connectivity index (χ1n) is 6.26. The van der Waals surface area contributed by atoms with E-state index in [0.717, 1.165) is 5.39 Å². The number of nitrogens with zero attached hydrogens (tertiary/aromatic N) is 1. The molecule has 6 heteroatoms. The first kappa shape index (κ1) is 14.3. The van der Waals surface area contributed by atoms with Gasteiger partial charge in [0.1, 0.15) is 0 Å². The van der Waals surface area contributed by atoms with Crippen molar-refractivity contribution in [1.82, 2.24) is 3.97 Å². The molecule has 0 atom stereocenters. The number of aliphatic hydroxyl groups is 1. The van der Waals surface area contributed by atoms with Gasteiger partial charge in [-0.2, -0.15) is 0 Å². The van der Waals surface area contributed by atoms with Gasteiger partial charge >= 0.3 is 0 Å². The molecular weight excluding hydrogens is 354 g/mol. The van der Waals surface area contributed by atoms with E-state index in [2.05, 4.69) is 15.9 Å². The molecule has 0 unspecified atom stereocenters. The second-order valence-corrected chi connectivity index (χ2v) is 7.10. The quantitative estimate of drug-likeness (QED) is 0.775. The number of rotatable bonds is 3. The first-order valence-corrected chi connectivity index (χ1v) is 8.50. The molecule has 108 valence electrons. The summed E-state index contributed by atoms with van der Waals surface area (Å²) >= 11 is 3.38. The summed E-state index contributed by atoms with van der Waals surface area (Å²) in [5.41, 5.74) is 0.859. The highest BCUT2D eigenvalue weighted by molar-refractivity contribution is 9.10. The van der Waals surface area contributed by atoms with Crippen LogP contribution < -0.4 is 0 Å². The second-order valence-electron chi connectivity index (χ2n) is 4.52. The lowest BCUT2D eigenvalue weighted by Gasteiger charge is -2.10. The molecule has 0 fully saturated rings. The van der Waals surface area contributed by atoms with Crippen LogP contribution in [0.25, 0.3) is 10.9 Å². The Morgan fingerprint density at radius 1 is 1.00 bits per heavy atom. The van der Waals surface area contributed by atoms with E-state index in [4.69, 9.17) is 0 Å². The van der Waals surface area contributed by atoms with Crippen LogP contribution in [0.15, 0.2) is 64.0 Å². The summed E-state index contributed by atoms with van der Waals surface area (Å²) in [7, 11) is -3.76. The van der Waals surface area contributed by atoms with E-state index >= 15 is 0 Å². The number of aromatic nitrogens is 1. The predicted molar refractivity (Wildman–Crippen MR) is 84.6 cm³/mol. The average Bonchev–Trinajstić information content (AvgIpc) is 2.81. The number of benzene rings is 2. The topological polar surface area (TPSA) is 59.3 Å². The van der Waals surface area contributed by atoms with Crippen molar-refractivity contribution in [3.8, 4) is 0 Å². The van der Waals surface area contributed by atoms with Crippen LogP contribution >= 0.6 is 15.9 Å². The molecule has 3 rings (SSSR count). The standard InChI is InChI=1S/C15H12BrNO3S/c16-15-12-8-4-5-9-13(12)17(14(15)10-18)21(19,20)11-6-2-1-3-7-11/h1-9,18H,10H2. The lowest BCUT2D eigenvalue weighted by atomic mass is 10.2. The maximum Gasteiger partial charge on any atom is 0.268 e. The Morgan fingerprint density at radius 2 is 1.62 bits per heavy atom. The van der Waals surface area contributed by atoms with E-state index in [-0.39, 0.29) is 11.5 Å². The normalized spacial score (nSPS) is 11.9. The number of fused-ring (bicyclic) bond motifs is 1. The second kappa shape index (κ2) is 5.29. The molecule has 3 aromatic rings. The molecule has 0 saturated heterocycles. The molecule has 4 nitrogen and oxygen atoms in total. The third-order valence-electron chi connectivity index (χ3n) is 3.29. The van der Waals surface area contributed by atoms with E-state index in [0.29, 0.717) is 15.7 Å². The zero-order chi connectivity index (χ0) is 15.0. The molecule has 21 heavy (non-hydrogen) atoms. The molecule has 1 aromatic heterocycles. The molecule has 0 aliphatic carbocycles. The summed E-state index contributed by atoms with van der Waals surface area (Å²) in [4.78, 5) is 0.188. The molecule has 2 aromatic carbocycles. The number of hydrogen-bond acceptors (Lipinski definition) is 3. The van der Waals surface area contributed by atoms with Crippen molar-refractivity contribution in [3.05, 3.63) is 64.8 Å². The molecule has 1 heterocycles. The number of aliphatic hydroxyl groups excluding tert-OH is 1. The minimum absolute atomic E-state index is 0.188. The highest BCUT2D eigenvalue weighted by Gasteiger charge is 2.25. The van der Waals surface area contributed by atoms with Gasteiger partial charge in [-0.25, -0.2) is 12.4 Å². The summed E-state index contributed by atoms with van der Waals surface area (Å²) in [5, 5.41) is 10.3. The van der Waals surface area contributed by atoms with Gasteiger partial charge in [0.15, 0.2) is 0 Å². The predicted octanol–water partition coefficient (Wildman–Crippen LogP) is 3.13. The SMILES string of the molecule is O=S(=O)(c1ccccc1)n1c(CO)c(Br)c2ccccc21. The van der Waals surface area contributed by atoms with Crippen LogP contribution in [0.1, 0.15) is 5.69 Å². The third kappa shape index (κ3) is 2.19. The van der Waals surface area contributed by atoms with Crippen LogP contribution in [0.2, 0.25) is 0 Å². The van der Waals surface area contributed by atoms with Crippen molar-refractivity contribution in [2.45, 2.75) is 11.5 Å². The van der Waals surface area contributed by atoms with Crippen molar-refractivity contribution < 1.29 is 13.5 Å². The lowest BCUT2D eigenvalue weighted by Crippen LogP contribution is -2.15. The van der Waals surface area contributed by atoms with Crippen molar-refractivity contribution in [1.29, 1.82) is 0 Å². The monoisotopic (exact) mass is 365 g/mol.